The van der Waals surface area contributed by atoms with Gasteiger partial charge in [-0.25, -0.2) is 0 Å². The van der Waals surface area contributed by atoms with Crippen LogP contribution in [0.25, 0.3) is 0 Å². The third kappa shape index (κ3) is 2.56. The van der Waals surface area contributed by atoms with Gasteiger partial charge in [0.15, 0.2) is 0 Å². The van der Waals surface area contributed by atoms with E-state index >= 15 is 0 Å². The molecule has 0 radical (unpaired) electrons. The largest absolute Gasteiger partial charge is 0.383 e. The third-order valence-electron chi connectivity index (χ3n) is 1.36. The summed E-state index contributed by atoms with van der Waals surface area (Å²) in [4.78, 5) is 0. The van der Waals surface area contributed by atoms with E-state index < -0.39 is 0 Å². The van der Waals surface area contributed by atoms with Crippen LogP contribution in [0.1, 0.15) is 11.6 Å². The SMILES string of the molecule is COCC(N)c1csc(Br)c1. The van der Waals surface area contributed by atoms with Crippen molar-refractivity contribution >= 4 is 27.3 Å². The van der Waals surface area contributed by atoms with Crippen molar-refractivity contribution in [1.29, 1.82) is 0 Å². The Bertz CT molecular complexity index is 226. The van der Waals surface area contributed by atoms with Crippen LogP contribution < -0.4 is 5.73 Å². The Morgan fingerprint density at radius 2 is 2.55 bits per heavy atom. The second-order valence-corrected chi connectivity index (χ2v) is 4.54. The molecule has 4 heteroatoms. The summed E-state index contributed by atoms with van der Waals surface area (Å²) in [5, 5.41) is 2.04. The third-order valence-corrected chi connectivity index (χ3v) is 2.88. The van der Waals surface area contributed by atoms with Gasteiger partial charge < -0.3 is 10.5 Å². The summed E-state index contributed by atoms with van der Waals surface area (Å²) in [6, 6.07) is 2.02. The number of methoxy groups -OCH3 is 1. The molecule has 1 rings (SSSR count). The molecule has 2 nitrogen and oxygen atoms in total. The Kier molecular flexibility index (Phi) is 3.51. The van der Waals surface area contributed by atoms with Gasteiger partial charge in [0.05, 0.1) is 16.4 Å². The van der Waals surface area contributed by atoms with Crippen LogP contribution in [0.15, 0.2) is 15.2 Å². The van der Waals surface area contributed by atoms with Crippen molar-refractivity contribution in [3.63, 3.8) is 0 Å². The van der Waals surface area contributed by atoms with Crippen molar-refractivity contribution in [3.8, 4) is 0 Å². The van der Waals surface area contributed by atoms with E-state index in [2.05, 4.69) is 15.9 Å². The molecule has 11 heavy (non-hydrogen) atoms. The molecule has 0 spiro atoms. The lowest BCUT2D eigenvalue weighted by atomic mass is 10.2. The molecule has 2 N–H and O–H groups in total. The number of hydrogen-bond donors (Lipinski definition) is 1. The van der Waals surface area contributed by atoms with Gasteiger partial charge in [-0.05, 0) is 32.9 Å². The van der Waals surface area contributed by atoms with E-state index in [4.69, 9.17) is 10.5 Å². The first-order chi connectivity index (χ1) is 5.24. The summed E-state index contributed by atoms with van der Waals surface area (Å²) in [7, 11) is 1.65. The number of rotatable bonds is 3. The minimum absolute atomic E-state index is 0.00236. The van der Waals surface area contributed by atoms with Crippen LogP contribution >= 0.6 is 27.3 Å². The lowest BCUT2D eigenvalue weighted by Gasteiger charge is -2.06. The van der Waals surface area contributed by atoms with Crippen molar-refractivity contribution in [2.75, 3.05) is 13.7 Å². The molecule has 1 atom stereocenters. The minimum atomic E-state index is 0.00236. The lowest BCUT2D eigenvalue weighted by Crippen LogP contribution is -2.14. The number of thiophene rings is 1. The number of nitrogens with two attached hydrogens (primary N) is 1. The normalized spacial score (nSPS) is 13.4. The topological polar surface area (TPSA) is 35.2 Å². The fourth-order valence-electron chi connectivity index (χ4n) is 0.794. The lowest BCUT2D eigenvalue weighted by molar-refractivity contribution is 0.181. The minimum Gasteiger partial charge on any atom is -0.383 e. The van der Waals surface area contributed by atoms with Crippen molar-refractivity contribution < 1.29 is 4.74 Å². The van der Waals surface area contributed by atoms with Crippen molar-refractivity contribution in [3.05, 3.63) is 20.8 Å². The van der Waals surface area contributed by atoms with Gasteiger partial charge in [0.25, 0.3) is 0 Å². The van der Waals surface area contributed by atoms with Crippen LogP contribution in [0.4, 0.5) is 0 Å². The molecule has 62 valence electrons. The maximum absolute atomic E-state index is 5.78. The summed E-state index contributed by atoms with van der Waals surface area (Å²) >= 11 is 5.01. The van der Waals surface area contributed by atoms with E-state index in [1.165, 1.54) is 0 Å². The second kappa shape index (κ2) is 4.21. The van der Waals surface area contributed by atoms with Crippen molar-refractivity contribution in [2.45, 2.75) is 6.04 Å². The highest BCUT2D eigenvalue weighted by Gasteiger charge is 2.06. The van der Waals surface area contributed by atoms with Gasteiger partial charge in [0, 0.05) is 7.11 Å². The molecule has 0 aliphatic heterocycles. The highest BCUT2D eigenvalue weighted by molar-refractivity contribution is 9.11. The van der Waals surface area contributed by atoms with Crippen LogP contribution in [-0.4, -0.2) is 13.7 Å². The summed E-state index contributed by atoms with van der Waals surface area (Å²) in [5.74, 6) is 0. The smallest absolute Gasteiger partial charge is 0.0701 e. The van der Waals surface area contributed by atoms with Crippen LogP contribution in [0.5, 0.6) is 0 Å². The molecule has 0 bridgehead atoms. The second-order valence-electron chi connectivity index (χ2n) is 2.25. The van der Waals surface area contributed by atoms with E-state index in [0.717, 1.165) is 9.35 Å². The van der Waals surface area contributed by atoms with Gasteiger partial charge >= 0.3 is 0 Å². The van der Waals surface area contributed by atoms with Gasteiger partial charge in [0.2, 0.25) is 0 Å². The van der Waals surface area contributed by atoms with E-state index in [1.54, 1.807) is 18.4 Å². The first kappa shape index (κ1) is 9.19. The number of ether oxygens (including phenoxy) is 1. The Labute approximate surface area is 78.5 Å². The van der Waals surface area contributed by atoms with E-state index in [9.17, 15) is 0 Å². The Morgan fingerprint density at radius 1 is 1.82 bits per heavy atom. The number of hydrogen-bond acceptors (Lipinski definition) is 3. The van der Waals surface area contributed by atoms with Gasteiger partial charge in [0.1, 0.15) is 0 Å². The van der Waals surface area contributed by atoms with E-state index in [-0.39, 0.29) is 6.04 Å². The molecule has 0 fully saturated rings. The highest BCUT2D eigenvalue weighted by Crippen LogP contribution is 2.24. The monoisotopic (exact) mass is 235 g/mol. The van der Waals surface area contributed by atoms with Crippen molar-refractivity contribution in [2.24, 2.45) is 5.73 Å². The van der Waals surface area contributed by atoms with E-state index in [0.29, 0.717) is 6.61 Å². The van der Waals surface area contributed by atoms with Crippen LogP contribution in [0.2, 0.25) is 0 Å². The van der Waals surface area contributed by atoms with Crippen LogP contribution in [0.3, 0.4) is 0 Å². The molecule has 0 saturated carbocycles. The quantitative estimate of drug-likeness (QED) is 0.872. The molecule has 0 aromatic carbocycles. The predicted octanol–water partition coefficient (Wildman–Crippen LogP) is 2.16. The average molecular weight is 236 g/mol. The zero-order valence-electron chi connectivity index (χ0n) is 6.21. The van der Waals surface area contributed by atoms with Gasteiger partial charge in [-0.3, -0.25) is 0 Å². The van der Waals surface area contributed by atoms with Gasteiger partial charge in [-0.1, -0.05) is 0 Å². The number of halogens is 1. The molecule has 0 amide bonds. The van der Waals surface area contributed by atoms with Crippen LogP contribution in [-0.2, 0) is 4.74 Å². The fraction of sp³-hybridized carbons (Fsp3) is 0.429. The van der Waals surface area contributed by atoms with Crippen molar-refractivity contribution in [1.82, 2.24) is 0 Å². The molecule has 1 aromatic rings. The fourth-order valence-corrected chi connectivity index (χ4v) is 2.03. The average Bonchev–Trinajstić information content (AvgIpc) is 2.36. The summed E-state index contributed by atoms with van der Waals surface area (Å²) in [5.41, 5.74) is 6.91. The molecule has 1 aromatic heterocycles. The summed E-state index contributed by atoms with van der Waals surface area (Å²) in [6.07, 6.45) is 0. The Morgan fingerprint density at radius 3 is 3.00 bits per heavy atom. The first-order valence-electron chi connectivity index (χ1n) is 3.22. The molecular formula is C7H10BrNOS. The molecule has 0 aliphatic rings. The summed E-state index contributed by atoms with van der Waals surface area (Å²) in [6.45, 7) is 0.573. The molecule has 0 aliphatic carbocycles. The summed E-state index contributed by atoms with van der Waals surface area (Å²) < 4.78 is 6.04. The van der Waals surface area contributed by atoms with Gasteiger partial charge in [-0.2, -0.15) is 0 Å². The molecular weight excluding hydrogens is 226 g/mol. The molecule has 1 heterocycles. The zero-order valence-corrected chi connectivity index (χ0v) is 8.61. The zero-order chi connectivity index (χ0) is 8.27. The Balaban J connectivity index is 2.60. The highest BCUT2D eigenvalue weighted by atomic mass is 79.9. The standard InChI is InChI=1S/C7H10BrNOS/c1-10-3-6(9)5-2-7(8)11-4-5/h2,4,6H,3,9H2,1H3. The maximum atomic E-state index is 5.78. The van der Waals surface area contributed by atoms with Gasteiger partial charge in [-0.15, -0.1) is 11.3 Å². The Hall–Kier alpha value is 0.100. The first-order valence-corrected chi connectivity index (χ1v) is 4.89. The van der Waals surface area contributed by atoms with E-state index in [1.807, 2.05) is 11.4 Å². The maximum Gasteiger partial charge on any atom is 0.0701 e. The molecule has 0 saturated heterocycles. The molecule has 1 unspecified atom stereocenters. The van der Waals surface area contributed by atoms with Crippen LogP contribution in [0, 0.1) is 0 Å². The predicted molar refractivity (Wildman–Crippen MR) is 50.8 cm³/mol.